The first-order valence-corrected chi connectivity index (χ1v) is 9.58. The van der Waals surface area contributed by atoms with Crippen molar-refractivity contribution in [3.8, 4) is 5.75 Å². The van der Waals surface area contributed by atoms with Gasteiger partial charge in [0, 0.05) is 11.1 Å². The van der Waals surface area contributed by atoms with Gasteiger partial charge in [-0.1, -0.05) is 22.9 Å². The highest BCUT2D eigenvalue weighted by molar-refractivity contribution is 6.05. The third-order valence-electron chi connectivity index (χ3n) is 4.96. The van der Waals surface area contributed by atoms with Gasteiger partial charge in [0.25, 0.3) is 0 Å². The number of aryl methyl sites for hydroxylation is 4. The zero-order valence-electron chi connectivity index (χ0n) is 17.3. The summed E-state index contributed by atoms with van der Waals surface area (Å²) in [6, 6.07) is 11.0. The number of hydrogen-bond acceptors (Lipinski definition) is 5. The average Bonchev–Trinajstić information content (AvgIpc) is 3.25. The average molecular weight is 405 g/mol. The van der Waals surface area contributed by atoms with Gasteiger partial charge in [0.15, 0.2) is 5.82 Å². The van der Waals surface area contributed by atoms with E-state index in [2.05, 4.69) is 26.0 Å². The van der Waals surface area contributed by atoms with E-state index in [9.17, 15) is 4.79 Å². The fourth-order valence-corrected chi connectivity index (χ4v) is 3.26. The lowest BCUT2D eigenvalue weighted by Gasteiger charge is -2.10. The minimum atomic E-state index is -0.364. The second kappa shape index (κ2) is 7.90. The molecule has 4 aromatic rings. The van der Waals surface area contributed by atoms with Gasteiger partial charge in [-0.3, -0.25) is 10.4 Å². The lowest BCUT2D eigenvalue weighted by molar-refractivity contribution is 0.262. The summed E-state index contributed by atoms with van der Waals surface area (Å²) >= 11 is 0. The van der Waals surface area contributed by atoms with Gasteiger partial charge in [-0.05, 0) is 57.5 Å². The fraction of sp³-hybridized carbons (Fsp3) is 0.227. The minimum absolute atomic E-state index is 0.348. The van der Waals surface area contributed by atoms with Crippen LogP contribution in [0.4, 0.5) is 16.3 Å². The molecule has 0 saturated heterocycles. The first-order chi connectivity index (χ1) is 14.4. The molecule has 30 heavy (non-hydrogen) atoms. The van der Waals surface area contributed by atoms with Crippen LogP contribution in [0.25, 0.3) is 10.9 Å². The second-order valence-electron chi connectivity index (χ2n) is 7.27. The number of H-pyrrole nitrogens is 1. The van der Waals surface area contributed by atoms with Crippen LogP contribution in [0.2, 0.25) is 0 Å². The number of benzene rings is 2. The summed E-state index contributed by atoms with van der Waals surface area (Å²) in [5.74, 6) is 1.82. The molecule has 4 rings (SSSR count). The SMILES string of the molecule is Cc1ccc(NC(=O)Nc2n[nH]c3ccc(OCc4c(C)noc4C)cc23)c(C)c1. The molecule has 0 radical (unpaired) electrons. The third kappa shape index (κ3) is 3.98. The smallest absolute Gasteiger partial charge is 0.324 e. The first-order valence-electron chi connectivity index (χ1n) is 9.58. The van der Waals surface area contributed by atoms with Crippen LogP contribution in [0, 0.1) is 27.7 Å². The van der Waals surface area contributed by atoms with Crippen LogP contribution in [0.5, 0.6) is 5.75 Å². The zero-order valence-corrected chi connectivity index (χ0v) is 17.3. The van der Waals surface area contributed by atoms with E-state index < -0.39 is 0 Å². The van der Waals surface area contributed by atoms with Crippen LogP contribution in [-0.4, -0.2) is 21.4 Å². The molecule has 2 heterocycles. The van der Waals surface area contributed by atoms with Crippen LogP contribution in [0.1, 0.15) is 28.1 Å². The maximum Gasteiger partial charge on any atom is 0.324 e. The highest BCUT2D eigenvalue weighted by Crippen LogP contribution is 2.27. The molecule has 2 aromatic carbocycles. The predicted octanol–water partition coefficient (Wildman–Crippen LogP) is 5.01. The van der Waals surface area contributed by atoms with E-state index in [0.717, 1.165) is 44.7 Å². The number of fused-ring (bicyclic) bond motifs is 1. The van der Waals surface area contributed by atoms with Crippen molar-refractivity contribution in [2.75, 3.05) is 10.6 Å². The van der Waals surface area contributed by atoms with Gasteiger partial charge in [-0.15, -0.1) is 0 Å². The summed E-state index contributed by atoms with van der Waals surface area (Å²) < 4.78 is 11.1. The molecule has 2 aromatic heterocycles. The Morgan fingerprint density at radius 1 is 1.10 bits per heavy atom. The number of ether oxygens (including phenoxy) is 1. The number of rotatable bonds is 5. The molecule has 0 unspecified atom stereocenters. The van der Waals surface area contributed by atoms with Crippen molar-refractivity contribution in [2.24, 2.45) is 0 Å². The van der Waals surface area contributed by atoms with E-state index in [1.165, 1.54) is 0 Å². The highest BCUT2D eigenvalue weighted by atomic mass is 16.5. The Hall–Kier alpha value is -3.81. The van der Waals surface area contributed by atoms with Crippen LogP contribution in [0.3, 0.4) is 0 Å². The number of nitrogens with zero attached hydrogens (tertiary/aromatic N) is 2. The Bertz CT molecular complexity index is 1210. The summed E-state index contributed by atoms with van der Waals surface area (Å²) in [4.78, 5) is 12.5. The van der Waals surface area contributed by atoms with Crippen molar-refractivity contribution in [1.29, 1.82) is 0 Å². The number of carbonyl (C=O) groups excluding carboxylic acids is 1. The Kier molecular flexibility index (Phi) is 5.14. The number of anilines is 2. The van der Waals surface area contributed by atoms with E-state index in [4.69, 9.17) is 9.26 Å². The topological polar surface area (TPSA) is 105 Å². The predicted molar refractivity (Wildman–Crippen MR) is 115 cm³/mol. The maximum atomic E-state index is 12.5. The Labute approximate surface area is 173 Å². The lowest BCUT2D eigenvalue weighted by atomic mass is 10.1. The molecule has 0 aliphatic carbocycles. The number of hydrogen-bond donors (Lipinski definition) is 3. The zero-order chi connectivity index (χ0) is 21.3. The fourth-order valence-electron chi connectivity index (χ4n) is 3.26. The molecule has 0 fully saturated rings. The van der Waals surface area contributed by atoms with Crippen molar-refractivity contribution in [3.05, 3.63) is 64.5 Å². The van der Waals surface area contributed by atoms with Crippen molar-refractivity contribution < 1.29 is 14.1 Å². The molecule has 0 saturated carbocycles. The van der Waals surface area contributed by atoms with Crippen LogP contribution in [0.15, 0.2) is 40.9 Å². The largest absolute Gasteiger partial charge is 0.489 e. The maximum absolute atomic E-state index is 12.5. The molecule has 0 spiro atoms. The molecular formula is C22H23N5O3. The number of urea groups is 1. The minimum Gasteiger partial charge on any atom is -0.489 e. The molecule has 2 amide bonds. The van der Waals surface area contributed by atoms with E-state index in [1.54, 1.807) is 0 Å². The molecular weight excluding hydrogens is 382 g/mol. The van der Waals surface area contributed by atoms with E-state index >= 15 is 0 Å². The van der Waals surface area contributed by atoms with Gasteiger partial charge in [0.2, 0.25) is 0 Å². The first kappa shape index (κ1) is 19.5. The molecule has 154 valence electrons. The van der Waals surface area contributed by atoms with Crippen molar-refractivity contribution in [1.82, 2.24) is 15.4 Å². The highest BCUT2D eigenvalue weighted by Gasteiger charge is 2.13. The van der Waals surface area contributed by atoms with Crippen molar-refractivity contribution in [2.45, 2.75) is 34.3 Å². The van der Waals surface area contributed by atoms with Gasteiger partial charge in [-0.25, -0.2) is 4.79 Å². The van der Waals surface area contributed by atoms with Crippen LogP contribution < -0.4 is 15.4 Å². The molecule has 0 bridgehead atoms. The Morgan fingerprint density at radius 2 is 1.93 bits per heavy atom. The van der Waals surface area contributed by atoms with Crippen LogP contribution >= 0.6 is 0 Å². The third-order valence-corrected chi connectivity index (χ3v) is 4.96. The lowest BCUT2D eigenvalue weighted by Crippen LogP contribution is -2.20. The second-order valence-corrected chi connectivity index (χ2v) is 7.27. The normalized spacial score (nSPS) is 10.9. The van der Waals surface area contributed by atoms with Gasteiger partial charge >= 0.3 is 6.03 Å². The van der Waals surface area contributed by atoms with E-state index in [-0.39, 0.29) is 6.03 Å². The number of aromatic amines is 1. The molecule has 0 aliphatic rings. The summed E-state index contributed by atoms with van der Waals surface area (Å²) in [6.07, 6.45) is 0. The van der Waals surface area contributed by atoms with Crippen molar-refractivity contribution in [3.63, 3.8) is 0 Å². The van der Waals surface area contributed by atoms with Gasteiger partial charge in [0.1, 0.15) is 18.1 Å². The number of amides is 2. The van der Waals surface area contributed by atoms with Crippen LogP contribution in [-0.2, 0) is 6.61 Å². The number of nitrogens with one attached hydrogen (secondary N) is 3. The Morgan fingerprint density at radius 3 is 2.67 bits per heavy atom. The van der Waals surface area contributed by atoms with Gasteiger partial charge < -0.3 is 14.6 Å². The molecule has 3 N–H and O–H groups in total. The Balaban J connectivity index is 1.49. The summed E-state index contributed by atoms with van der Waals surface area (Å²) in [7, 11) is 0. The van der Waals surface area contributed by atoms with Gasteiger partial charge in [-0.2, -0.15) is 5.10 Å². The molecule has 8 heteroatoms. The standard InChI is InChI=1S/C22H23N5O3/c1-12-5-7-19(13(2)9-12)23-22(28)24-21-17-10-16(6-8-20(17)25-26-21)29-11-18-14(3)27-30-15(18)4/h5-10H,11H2,1-4H3,(H3,23,24,25,26,28). The quantitative estimate of drug-likeness (QED) is 0.433. The summed E-state index contributed by atoms with van der Waals surface area (Å²) in [5.41, 5.74) is 5.41. The van der Waals surface area contributed by atoms with E-state index in [0.29, 0.717) is 18.2 Å². The molecule has 0 aliphatic heterocycles. The number of aromatic nitrogens is 3. The summed E-state index contributed by atoms with van der Waals surface area (Å²) in [6.45, 7) is 8.05. The summed E-state index contributed by atoms with van der Waals surface area (Å²) in [5, 5.41) is 17.5. The number of carbonyl (C=O) groups is 1. The van der Waals surface area contributed by atoms with E-state index in [1.807, 2.05) is 64.1 Å². The van der Waals surface area contributed by atoms with Crippen molar-refractivity contribution >= 4 is 28.4 Å². The monoisotopic (exact) mass is 405 g/mol. The van der Waals surface area contributed by atoms with Gasteiger partial charge in [0.05, 0.1) is 16.8 Å². The molecule has 8 nitrogen and oxygen atoms in total. The molecule has 0 atom stereocenters.